The van der Waals surface area contributed by atoms with Gasteiger partial charge in [-0.05, 0) is 17.5 Å². The van der Waals surface area contributed by atoms with E-state index >= 15 is 0 Å². The highest BCUT2D eigenvalue weighted by atomic mass is 79.9. The minimum Gasteiger partial charge on any atom is -0.392 e. The third-order valence-corrected chi connectivity index (χ3v) is 3.73. The van der Waals surface area contributed by atoms with Crippen LogP contribution in [0.25, 0.3) is 0 Å². The number of hydrogen-bond donors (Lipinski definition) is 1. The Hall–Kier alpha value is -1.13. The minimum atomic E-state index is 0.0451. The summed E-state index contributed by atoms with van der Waals surface area (Å²) in [6.07, 6.45) is 1.76. The zero-order valence-electron chi connectivity index (χ0n) is 10.6. The number of aromatic nitrogens is 2. The number of hydrogen-bond acceptors (Lipinski definition) is 2. The van der Waals surface area contributed by atoms with Crippen LogP contribution in [-0.4, -0.2) is 14.9 Å². The number of aliphatic hydroxyl groups is 1. The molecule has 0 unspecified atom stereocenters. The molecule has 0 aliphatic carbocycles. The highest BCUT2D eigenvalue weighted by Gasteiger charge is 2.14. The van der Waals surface area contributed by atoms with Crippen molar-refractivity contribution in [3.63, 3.8) is 0 Å². The van der Waals surface area contributed by atoms with Crippen LogP contribution in [0.3, 0.4) is 0 Å². The molecular weight excluding hydrogens is 292 g/mol. The predicted octanol–water partition coefficient (Wildman–Crippen LogP) is 3.31. The van der Waals surface area contributed by atoms with Gasteiger partial charge in [0, 0.05) is 15.7 Å². The Morgan fingerprint density at radius 2 is 2.00 bits per heavy atom. The maximum atomic E-state index is 9.34. The Labute approximate surface area is 116 Å². The summed E-state index contributed by atoms with van der Waals surface area (Å²) in [6, 6.07) is 8.13. The molecule has 1 aromatic carbocycles. The van der Waals surface area contributed by atoms with E-state index in [2.05, 4.69) is 40.9 Å². The second-order valence-corrected chi connectivity index (χ2v) is 5.47. The topological polar surface area (TPSA) is 38.1 Å². The molecular formula is C14H17BrN2O. The summed E-state index contributed by atoms with van der Waals surface area (Å²) < 4.78 is 3.05. The molecule has 0 atom stereocenters. The zero-order valence-corrected chi connectivity index (χ0v) is 12.2. The molecule has 3 nitrogen and oxygen atoms in total. The highest BCUT2D eigenvalue weighted by Crippen LogP contribution is 2.23. The van der Waals surface area contributed by atoms with Crippen molar-refractivity contribution in [3.8, 4) is 0 Å². The molecule has 1 N–H and O–H groups in total. The van der Waals surface area contributed by atoms with E-state index in [4.69, 9.17) is 0 Å². The average Bonchev–Trinajstić information content (AvgIpc) is 2.75. The molecule has 2 aromatic rings. The van der Waals surface area contributed by atoms with Crippen molar-refractivity contribution in [3.05, 3.63) is 51.8 Å². The first-order valence-corrected chi connectivity index (χ1v) is 6.81. The molecule has 96 valence electrons. The minimum absolute atomic E-state index is 0.0451. The van der Waals surface area contributed by atoms with Gasteiger partial charge in [-0.25, -0.2) is 0 Å². The Morgan fingerprint density at radius 1 is 1.28 bits per heavy atom. The van der Waals surface area contributed by atoms with E-state index in [1.54, 1.807) is 6.20 Å². The lowest BCUT2D eigenvalue weighted by atomic mass is 10.1. The van der Waals surface area contributed by atoms with Crippen molar-refractivity contribution in [1.29, 1.82) is 0 Å². The number of aliphatic hydroxyl groups excluding tert-OH is 1. The molecule has 0 amide bonds. The molecule has 0 aliphatic rings. The van der Waals surface area contributed by atoms with Crippen molar-refractivity contribution in [2.75, 3.05) is 0 Å². The fourth-order valence-electron chi connectivity index (χ4n) is 2.14. The summed E-state index contributed by atoms with van der Waals surface area (Å²) in [6.45, 7) is 5.00. The third kappa shape index (κ3) is 2.65. The van der Waals surface area contributed by atoms with Crippen molar-refractivity contribution in [2.45, 2.75) is 32.9 Å². The maximum absolute atomic E-state index is 9.34. The van der Waals surface area contributed by atoms with E-state index in [-0.39, 0.29) is 6.61 Å². The van der Waals surface area contributed by atoms with Crippen LogP contribution in [0, 0.1) is 0 Å². The Bertz CT molecular complexity index is 534. The molecule has 4 heteroatoms. The van der Waals surface area contributed by atoms with Gasteiger partial charge in [-0.2, -0.15) is 5.10 Å². The molecule has 0 radical (unpaired) electrons. The highest BCUT2D eigenvalue weighted by molar-refractivity contribution is 9.10. The zero-order chi connectivity index (χ0) is 13.1. The fraction of sp³-hybridized carbons (Fsp3) is 0.357. The van der Waals surface area contributed by atoms with E-state index in [1.165, 1.54) is 5.56 Å². The normalized spacial score (nSPS) is 11.2. The van der Waals surface area contributed by atoms with Crippen molar-refractivity contribution in [2.24, 2.45) is 0 Å². The predicted molar refractivity (Wildman–Crippen MR) is 75.5 cm³/mol. The number of rotatable bonds is 4. The summed E-state index contributed by atoms with van der Waals surface area (Å²) in [5.74, 6) is 0.345. The SMILES string of the molecule is CC(C)c1c(CO)cnn1Cc1ccccc1Br. The quantitative estimate of drug-likeness (QED) is 0.941. The lowest BCUT2D eigenvalue weighted by Crippen LogP contribution is -2.09. The van der Waals surface area contributed by atoms with Gasteiger partial charge in [0.1, 0.15) is 0 Å². The molecule has 2 rings (SSSR count). The molecule has 0 bridgehead atoms. The summed E-state index contributed by atoms with van der Waals surface area (Å²) >= 11 is 3.55. The molecule has 1 heterocycles. The van der Waals surface area contributed by atoms with Crippen LogP contribution in [0.15, 0.2) is 34.9 Å². The smallest absolute Gasteiger partial charge is 0.0715 e. The van der Waals surface area contributed by atoms with Gasteiger partial charge in [0.25, 0.3) is 0 Å². The monoisotopic (exact) mass is 308 g/mol. The fourth-order valence-corrected chi connectivity index (χ4v) is 2.55. The van der Waals surface area contributed by atoms with Crippen LogP contribution in [0.4, 0.5) is 0 Å². The first-order valence-electron chi connectivity index (χ1n) is 6.02. The molecule has 1 aromatic heterocycles. The van der Waals surface area contributed by atoms with Crippen LogP contribution >= 0.6 is 15.9 Å². The summed E-state index contributed by atoms with van der Waals surface area (Å²) in [7, 11) is 0. The lowest BCUT2D eigenvalue weighted by Gasteiger charge is -2.13. The van der Waals surface area contributed by atoms with E-state index in [0.717, 1.165) is 22.3 Å². The second kappa shape index (κ2) is 5.67. The van der Waals surface area contributed by atoms with Gasteiger partial charge in [-0.3, -0.25) is 4.68 Å². The van der Waals surface area contributed by atoms with Gasteiger partial charge in [0.2, 0.25) is 0 Å². The first-order chi connectivity index (χ1) is 8.63. The van der Waals surface area contributed by atoms with Crippen molar-refractivity contribution in [1.82, 2.24) is 9.78 Å². The van der Waals surface area contributed by atoms with Crippen LogP contribution in [0.2, 0.25) is 0 Å². The van der Waals surface area contributed by atoms with E-state index in [9.17, 15) is 5.11 Å². The van der Waals surface area contributed by atoms with Crippen LogP contribution in [0.1, 0.15) is 36.6 Å². The number of halogens is 1. The Morgan fingerprint density at radius 3 is 2.61 bits per heavy atom. The van der Waals surface area contributed by atoms with Gasteiger partial charge in [-0.15, -0.1) is 0 Å². The molecule has 0 fully saturated rings. The van der Waals surface area contributed by atoms with Gasteiger partial charge in [-0.1, -0.05) is 48.0 Å². The molecule has 0 aliphatic heterocycles. The number of nitrogens with zero attached hydrogens (tertiary/aromatic N) is 2. The van der Waals surface area contributed by atoms with Crippen LogP contribution in [-0.2, 0) is 13.2 Å². The lowest BCUT2D eigenvalue weighted by molar-refractivity contribution is 0.279. The molecule has 0 saturated heterocycles. The van der Waals surface area contributed by atoms with Gasteiger partial charge < -0.3 is 5.11 Å². The number of benzene rings is 1. The Balaban J connectivity index is 2.35. The van der Waals surface area contributed by atoms with Gasteiger partial charge >= 0.3 is 0 Å². The molecule has 0 spiro atoms. The third-order valence-electron chi connectivity index (χ3n) is 2.96. The Kier molecular flexibility index (Phi) is 4.19. The van der Waals surface area contributed by atoms with Crippen LogP contribution < -0.4 is 0 Å². The maximum Gasteiger partial charge on any atom is 0.0715 e. The van der Waals surface area contributed by atoms with Crippen molar-refractivity contribution >= 4 is 15.9 Å². The van der Waals surface area contributed by atoms with Crippen molar-refractivity contribution < 1.29 is 5.11 Å². The largest absolute Gasteiger partial charge is 0.392 e. The average molecular weight is 309 g/mol. The van der Waals surface area contributed by atoms with Gasteiger partial charge in [0.05, 0.1) is 19.3 Å². The molecule has 18 heavy (non-hydrogen) atoms. The standard InChI is InChI=1S/C14H17BrN2O/c1-10(2)14-12(9-18)7-16-17(14)8-11-5-3-4-6-13(11)15/h3-7,10,18H,8-9H2,1-2H3. The first kappa shape index (κ1) is 13.3. The summed E-state index contributed by atoms with van der Waals surface area (Å²) in [5, 5.41) is 13.7. The summed E-state index contributed by atoms with van der Waals surface area (Å²) in [5.41, 5.74) is 3.21. The second-order valence-electron chi connectivity index (χ2n) is 4.62. The van der Waals surface area contributed by atoms with E-state index < -0.39 is 0 Å². The van der Waals surface area contributed by atoms with Gasteiger partial charge in [0.15, 0.2) is 0 Å². The van der Waals surface area contributed by atoms with E-state index in [1.807, 2.05) is 22.9 Å². The summed E-state index contributed by atoms with van der Waals surface area (Å²) in [4.78, 5) is 0. The van der Waals surface area contributed by atoms with Crippen LogP contribution in [0.5, 0.6) is 0 Å². The molecule has 0 saturated carbocycles. The van der Waals surface area contributed by atoms with E-state index in [0.29, 0.717) is 5.92 Å².